The van der Waals surface area contributed by atoms with Gasteiger partial charge in [-0.05, 0) is 12.5 Å². The molecule has 31 heavy (non-hydrogen) atoms. The number of nitrogens with zero attached hydrogens (tertiary/aromatic N) is 6. The summed E-state index contributed by atoms with van der Waals surface area (Å²) >= 11 is 0. The van der Waals surface area contributed by atoms with E-state index in [9.17, 15) is 9.18 Å². The highest BCUT2D eigenvalue weighted by molar-refractivity contribution is 6.07. The molecule has 1 aromatic carbocycles. The zero-order valence-corrected chi connectivity index (χ0v) is 16.2. The third-order valence-electron chi connectivity index (χ3n) is 4.72. The van der Waals surface area contributed by atoms with E-state index in [0.717, 1.165) is 11.1 Å². The predicted octanol–water partition coefficient (Wildman–Crippen LogP) is 3.28. The van der Waals surface area contributed by atoms with E-state index in [1.165, 1.54) is 29.3 Å². The molecule has 10 heteroatoms. The first-order valence-electron chi connectivity index (χ1n) is 9.33. The number of carbonyl (C=O) groups is 1. The molecule has 0 unspecified atom stereocenters. The predicted molar refractivity (Wildman–Crippen MR) is 111 cm³/mol. The standard InChI is InChI=1S/C21H15FN8O/c1-12-8-23-11-24-18(12)14-9-25-28-19(14)21(31)26-16-7-17-27-20(13-5-3-2-4-6-13)29-30(17)10-15(16)22/h2-11H,1H3,(H,25,28)(H,26,31). The minimum absolute atomic E-state index is 0.0236. The minimum Gasteiger partial charge on any atom is -0.318 e. The lowest BCUT2D eigenvalue weighted by Crippen LogP contribution is -2.15. The molecule has 4 heterocycles. The van der Waals surface area contributed by atoms with Gasteiger partial charge in [0.25, 0.3) is 5.91 Å². The average Bonchev–Trinajstić information content (AvgIpc) is 3.42. The van der Waals surface area contributed by atoms with E-state index in [2.05, 4.69) is 35.6 Å². The van der Waals surface area contributed by atoms with Gasteiger partial charge in [0.1, 0.15) is 12.0 Å². The first-order chi connectivity index (χ1) is 15.1. The number of nitrogens with one attached hydrogen (secondary N) is 2. The number of aromatic amines is 1. The van der Waals surface area contributed by atoms with Crippen LogP contribution in [0.2, 0.25) is 0 Å². The van der Waals surface area contributed by atoms with E-state index in [0.29, 0.717) is 22.7 Å². The maximum atomic E-state index is 14.7. The fourth-order valence-electron chi connectivity index (χ4n) is 3.21. The Morgan fingerprint density at radius 3 is 2.84 bits per heavy atom. The van der Waals surface area contributed by atoms with Crippen molar-refractivity contribution < 1.29 is 9.18 Å². The normalized spacial score (nSPS) is 11.0. The number of amides is 1. The van der Waals surface area contributed by atoms with Crippen LogP contribution in [0.15, 0.2) is 61.3 Å². The van der Waals surface area contributed by atoms with E-state index < -0.39 is 11.7 Å². The van der Waals surface area contributed by atoms with Gasteiger partial charge in [0, 0.05) is 17.8 Å². The second kappa shape index (κ2) is 7.41. The Labute approximate surface area is 175 Å². The van der Waals surface area contributed by atoms with Gasteiger partial charge in [0.15, 0.2) is 17.3 Å². The Bertz CT molecular complexity index is 1410. The van der Waals surface area contributed by atoms with Crippen LogP contribution in [-0.4, -0.2) is 40.7 Å². The molecule has 5 aromatic rings. The molecule has 0 aliphatic heterocycles. The molecule has 2 N–H and O–H groups in total. The molecule has 0 saturated heterocycles. The first kappa shape index (κ1) is 18.6. The monoisotopic (exact) mass is 414 g/mol. The summed E-state index contributed by atoms with van der Waals surface area (Å²) in [4.78, 5) is 25.5. The van der Waals surface area contributed by atoms with Crippen LogP contribution in [0.1, 0.15) is 16.1 Å². The quantitative estimate of drug-likeness (QED) is 0.467. The number of pyridine rings is 1. The van der Waals surface area contributed by atoms with E-state index in [1.807, 2.05) is 37.3 Å². The number of hydrogen-bond donors (Lipinski definition) is 2. The van der Waals surface area contributed by atoms with Crippen LogP contribution < -0.4 is 5.32 Å². The number of fused-ring (bicyclic) bond motifs is 1. The third kappa shape index (κ3) is 3.39. The number of benzene rings is 1. The second-order valence-electron chi connectivity index (χ2n) is 6.81. The van der Waals surface area contributed by atoms with Gasteiger partial charge in [0.2, 0.25) is 0 Å². The van der Waals surface area contributed by atoms with Crippen LogP contribution in [0.25, 0.3) is 28.3 Å². The lowest BCUT2D eigenvalue weighted by Gasteiger charge is -2.08. The van der Waals surface area contributed by atoms with Crippen molar-refractivity contribution in [2.24, 2.45) is 0 Å². The summed E-state index contributed by atoms with van der Waals surface area (Å²) in [5.41, 5.74) is 3.17. The second-order valence-corrected chi connectivity index (χ2v) is 6.81. The number of anilines is 1. The summed E-state index contributed by atoms with van der Waals surface area (Å²) in [7, 11) is 0. The Hall–Kier alpha value is -4.47. The molecule has 0 bridgehead atoms. The summed E-state index contributed by atoms with van der Waals surface area (Å²) in [6, 6.07) is 10.8. The van der Waals surface area contributed by atoms with Crippen molar-refractivity contribution in [3.8, 4) is 22.6 Å². The van der Waals surface area contributed by atoms with Crippen LogP contribution in [0, 0.1) is 12.7 Å². The van der Waals surface area contributed by atoms with E-state index in [4.69, 9.17) is 0 Å². The van der Waals surface area contributed by atoms with Crippen LogP contribution in [-0.2, 0) is 0 Å². The van der Waals surface area contributed by atoms with Gasteiger partial charge in [-0.15, -0.1) is 5.10 Å². The average molecular weight is 414 g/mol. The Balaban J connectivity index is 1.47. The minimum atomic E-state index is -0.648. The molecule has 0 spiro atoms. The highest BCUT2D eigenvalue weighted by atomic mass is 19.1. The fraction of sp³-hybridized carbons (Fsp3) is 0.0476. The van der Waals surface area contributed by atoms with Gasteiger partial charge >= 0.3 is 0 Å². The van der Waals surface area contributed by atoms with E-state index in [1.54, 1.807) is 6.20 Å². The number of aromatic nitrogens is 7. The summed E-state index contributed by atoms with van der Waals surface area (Å²) in [5.74, 6) is -0.750. The van der Waals surface area contributed by atoms with Gasteiger partial charge in [0.05, 0.1) is 29.3 Å². The highest BCUT2D eigenvalue weighted by Crippen LogP contribution is 2.25. The van der Waals surface area contributed by atoms with Crippen molar-refractivity contribution in [2.45, 2.75) is 6.92 Å². The number of aryl methyl sites for hydroxylation is 1. The van der Waals surface area contributed by atoms with Crippen molar-refractivity contribution in [3.05, 3.63) is 78.4 Å². The lowest BCUT2D eigenvalue weighted by molar-refractivity contribution is 0.102. The van der Waals surface area contributed by atoms with Crippen LogP contribution in [0.4, 0.5) is 10.1 Å². The maximum absolute atomic E-state index is 14.7. The molecule has 0 atom stereocenters. The molecular weight excluding hydrogens is 399 g/mol. The summed E-state index contributed by atoms with van der Waals surface area (Å²) in [6.45, 7) is 1.83. The van der Waals surface area contributed by atoms with Crippen molar-refractivity contribution in [3.63, 3.8) is 0 Å². The van der Waals surface area contributed by atoms with Crippen LogP contribution >= 0.6 is 0 Å². The Morgan fingerprint density at radius 1 is 1.19 bits per heavy atom. The number of carbonyl (C=O) groups excluding carboxylic acids is 1. The third-order valence-corrected chi connectivity index (χ3v) is 4.72. The van der Waals surface area contributed by atoms with Crippen molar-refractivity contribution in [1.29, 1.82) is 0 Å². The molecule has 5 rings (SSSR count). The highest BCUT2D eigenvalue weighted by Gasteiger charge is 2.20. The van der Waals surface area contributed by atoms with Gasteiger partial charge in [-0.2, -0.15) is 5.10 Å². The van der Waals surface area contributed by atoms with Gasteiger partial charge < -0.3 is 5.32 Å². The summed E-state index contributed by atoms with van der Waals surface area (Å²) in [6.07, 6.45) is 5.70. The van der Waals surface area contributed by atoms with E-state index in [-0.39, 0.29) is 11.4 Å². The molecular formula is C21H15FN8O. The molecule has 0 saturated carbocycles. The van der Waals surface area contributed by atoms with Gasteiger partial charge in [-0.1, -0.05) is 30.3 Å². The van der Waals surface area contributed by atoms with Crippen LogP contribution in [0.3, 0.4) is 0 Å². The van der Waals surface area contributed by atoms with E-state index >= 15 is 0 Å². The van der Waals surface area contributed by atoms with Gasteiger partial charge in [-0.25, -0.2) is 23.9 Å². The lowest BCUT2D eigenvalue weighted by atomic mass is 10.1. The topological polar surface area (TPSA) is 114 Å². The zero-order chi connectivity index (χ0) is 21.4. The van der Waals surface area contributed by atoms with Crippen LogP contribution in [0.5, 0.6) is 0 Å². The van der Waals surface area contributed by atoms with Crippen molar-refractivity contribution in [1.82, 2.24) is 34.8 Å². The molecule has 0 radical (unpaired) electrons. The molecule has 0 aliphatic rings. The summed E-state index contributed by atoms with van der Waals surface area (Å²) < 4.78 is 16.0. The molecule has 1 amide bonds. The largest absolute Gasteiger partial charge is 0.318 e. The van der Waals surface area contributed by atoms with Gasteiger partial charge in [-0.3, -0.25) is 9.89 Å². The first-order valence-corrected chi connectivity index (χ1v) is 9.33. The van der Waals surface area contributed by atoms with Crippen molar-refractivity contribution >= 4 is 17.2 Å². The molecule has 0 aliphatic carbocycles. The Morgan fingerprint density at radius 2 is 2.03 bits per heavy atom. The molecule has 9 nitrogen and oxygen atoms in total. The van der Waals surface area contributed by atoms with Crippen molar-refractivity contribution in [2.75, 3.05) is 5.32 Å². The molecule has 0 fully saturated rings. The molecule has 4 aromatic heterocycles. The Kier molecular flexibility index (Phi) is 4.43. The SMILES string of the molecule is Cc1cncnc1-c1cn[nH]c1C(=O)Nc1cc2nc(-c3ccccc3)nn2cc1F. The molecule has 152 valence electrons. The zero-order valence-electron chi connectivity index (χ0n) is 16.2. The smallest absolute Gasteiger partial charge is 0.274 e. The maximum Gasteiger partial charge on any atom is 0.274 e. The number of hydrogen-bond acceptors (Lipinski definition) is 6. The number of halogens is 1. The fourth-order valence-corrected chi connectivity index (χ4v) is 3.21. The number of rotatable bonds is 4. The number of H-pyrrole nitrogens is 1. The summed E-state index contributed by atoms with van der Waals surface area (Å²) in [5, 5.41) is 13.5.